The van der Waals surface area contributed by atoms with Crippen molar-refractivity contribution in [2.75, 3.05) is 23.9 Å². The number of ether oxygens (including phenoxy) is 1. The minimum atomic E-state index is -5.00. The average molecular weight is 406 g/mol. The molecule has 0 aliphatic carbocycles. The number of fused-ring (bicyclic) bond motifs is 1. The standard InChI is InChI=1S/C20H17F3N2O4/c1-3-25(19(27)20(21,22)23)13-8-9-14(16(11-13)28-2)24-18(26)17-10-12-6-4-5-7-15(12)29-17/h4-11H,3H2,1-2H3,(H,24,26). The number of methoxy groups -OCH3 is 1. The second-order valence-corrected chi connectivity index (χ2v) is 6.03. The average Bonchev–Trinajstić information content (AvgIpc) is 3.13. The number of para-hydroxylation sites is 1. The van der Waals surface area contributed by atoms with Gasteiger partial charge >= 0.3 is 12.1 Å². The van der Waals surface area contributed by atoms with Crippen LogP contribution in [-0.4, -0.2) is 31.6 Å². The van der Waals surface area contributed by atoms with Gasteiger partial charge in [-0.1, -0.05) is 18.2 Å². The summed E-state index contributed by atoms with van der Waals surface area (Å²) in [7, 11) is 1.30. The van der Waals surface area contributed by atoms with E-state index in [1.165, 1.54) is 32.2 Å². The molecule has 2 amide bonds. The lowest BCUT2D eigenvalue weighted by atomic mass is 10.2. The zero-order valence-electron chi connectivity index (χ0n) is 15.5. The Labute approximate surface area is 163 Å². The number of rotatable bonds is 5. The minimum Gasteiger partial charge on any atom is -0.494 e. The molecule has 0 bridgehead atoms. The quantitative estimate of drug-likeness (QED) is 0.672. The topological polar surface area (TPSA) is 71.8 Å². The van der Waals surface area contributed by atoms with Crippen molar-refractivity contribution in [3.8, 4) is 5.75 Å². The molecule has 1 N–H and O–H groups in total. The number of halogens is 3. The number of alkyl halides is 3. The largest absolute Gasteiger partial charge is 0.494 e. The molecule has 3 aromatic rings. The Balaban J connectivity index is 1.86. The highest BCUT2D eigenvalue weighted by Crippen LogP contribution is 2.32. The molecule has 1 heterocycles. The van der Waals surface area contributed by atoms with Crippen molar-refractivity contribution in [3.63, 3.8) is 0 Å². The number of hydrogen-bond acceptors (Lipinski definition) is 4. The highest BCUT2D eigenvalue weighted by Gasteiger charge is 2.42. The lowest BCUT2D eigenvalue weighted by Gasteiger charge is -2.23. The maximum Gasteiger partial charge on any atom is 0.471 e. The van der Waals surface area contributed by atoms with Gasteiger partial charge < -0.3 is 19.4 Å². The molecule has 9 heteroatoms. The highest BCUT2D eigenvalue weighted by molar-refractivity contribution is 6.05. The molecule has 1 aromatic heterocycles. The molecule has 0 saturated heterocycles. The van der Waals surface area contributed by atoms with E-state index in [1.54, 1.807) is 24.3 Å². The SMILES string of the molecule is CCN(C(=O)C(F)(F)F)c1ccc(NC(=O)c2cc3ccccc3o2)c(OC)c1. The number of anilines is 2. The summed E-state index contributed by atoms with van der Waals surface area (Å²) in [4.78, 5) is 24.7. The lowest BCUT2D eigenvalue weighted by molar-refractivity contribution is -0.170. The van der Waals surface area contributed by atoms with Crippen LogP contribution >= 0.6 is 0 Å². The summed E-state index contributed by atoms with van der Waals surface area (Å²) >= 11 is 0. The van der Waals surface area contributed by atoms with Crippen molar-refractivity contribution in [1.29, 1.82) is 0 Å². The van der Waals surface area contributed by atoms with Gasteiger partial charge in [0.05, 0.1) is 12.8 Å². The van der Waals surface area contributed by atoms with Crippen molar-refractivity contribution in [3.05, 3.63) is 54.3 Å². The number of carbonyl (C=O) groups excluding carboxylic acids is 2. The van der Waals surface area contributed by atoms with E-state index in [2.05, 4.69) is 5.32 Å². The fourth-order valence-electron chi connectivity index (χ4n) is 2.83. The summed E-state index contributed by atoms with van der Waals surface area (Å²) in [6.45, 7) is 1.24. The van der Waals surface area contributed by atoms with Gasteiger partial charge in [-0.3, -0.25) is 9.59 Å². The van der Waals surface area contributed by atoms with Gasteiger partial charge in [-0.05, 0) is 31.2 Å². The molecule has 0 saturated carbocycles. The molecule has 0 unspecified atom stereocenters. The molecule has 0 spiro atoms. The molecule has 29 heavy (non-hydrogen) atoms. The van der Waals surface area contributed by atoms with Crippen molar-refractivity contribution >= 4 is 34.2 Å². The molecule has 0 fully saturated rings. The number of nitrogens with one attached hydrogen (secondary N) is 1. The van der Waals surface area contributed by atoms with Crippen molar-refractivity contribution in [2.24, 2.45) is 0 Å². The summed E-state index contributed by atoms with van der Waals surface area (Å²) in [6, 6.07) is 12.6. The molecular weight excluding hydrogens is 389 g/mol. The third kappa shape index (κ3) is 4.18. The number of furan rings is 1. The molecule has 2 aromatic carbocycles. The molecule has 0 aliphatic heterocycles. The van der Waals surface area contributed by atoms with Gasteiger partial charge in [0.1, 0.15) is 11.3 Å². The Morgan fingerprint density at radius 2 is 1.86 bits per heavy atom. The van der Waals surface area contributed by atoms with Gasteiger partial charge in [0, 0.05) is 23.7 Å². The minimum absolute atomic E-state index is 0.00610. The van der Waals surface area contributed by atoms with E-state index in [9.17, 15) is 22.8 Å². The van der Waals surface area contributed by atoms with Crippen LogP contribution in [0, 0.1) is 0 Å². The van der Waals surface area contributed by atoms with Crippen LogP contribution in [0.4, 0.5) is 24.5 Å². The second kappa shape index (κ2) is 7.86. The van der Waals surface area contributed by atoms with Gasteiger partial charge in [0.2, 0.25) is 0 Å². The zero-order chi connectivity index (χ0) is 21.2. The van der Waals surface area contributed by atoms with E-state index in [-0.39, 0.29) is 29.4 Å². The smallest absolute Gasteiger partial charge is 0.471 e. The number of amides is 2. The molecule has 3 rings (SSSR count). The normalized spacial score (nSPS) is 11.3. The van der Waals surface area contributed by atoms with Gasteiger partial charge in [-0.15, -0.1) is 0 Å². The summed E-state index contributed by atoms with van der Waals surface area (Å²) in [5.41, 5.74) is 0.759. The number of carbonyl (C=O) groups is 2. The molecular formula is C20H17F3N2O4. The monoisotopic (exact) mass is 406 g/mol. The Kier molecular flexibility index (Phi) is 5.49. The van der Waals surface area contributed by atoms with E-state index in [4.69, 9.17) is 9.15 Å². The van der Waals surface area contributed by atoms with Crippen molar-refractivity contribution in [2.45, 2.75) is 13.1 Å². The summed E-state index contributed by atoms with van der Waals surface area (Å²) in [5.74, 6) is -2.37. The highest BCUT2D eigenvalue weighted by atomic mass is 19.4. The predicted octanol–water partition coefficient (Wildman–Crippen LogP) is 4.61. The first-order valence-electron chi connectivity index (χ1n) is 8.61. The fraction of sp³-hybridized carbons (Fsp3) is 0.200. The second-order valence-electron chi connectivity index (χ2n) is 6.03. The zero-order valence-corrected chi connectivity index (χ0v) is 15.5. The lowest BCUT2D eigenvalue weighted by Crippen LogP contribution is -2.41. The molecule has 0 aliphatic rings. The van der Waals surface area contributed by atoms with Crippen LogP contribution in [0.1, 0.15) is 17.5 Å². The van der Waals surface area contributed by atoms with Crippen LogP contribution in [0.2, 0.25) is 0 Å². The first-order chi connectivity index (χ1) is 13.7. The van der Waals surface area contributed by atoms with Crippen LogP contribution in [0.25, 0.3) is 11.0 Å². The Hall–Kier alpha value is -3.49. The van der Waals surface area contributed by atoms with Gasteiger partial charge in [0.15, 0.2) is 5.76 Å². The van der Waals surface area contributed by atoms with E-state index >= 15 is 0 Å². The van der Waals surface area contributed by atoms with Crippen LogP contribution in [0.3, 0.4) is 0 Å². The molecule has 152 valence electrons. The molecule has 0 radical (unpaired) electrons. The summed E-state index contributed by atoms with van der Waals surface area (Å²) < 4.78 is 49.0. The third-order valence-corrected chi connectivity index (χ3v) is 4.20. The van der Waals surface area contributed by atoms with Crippen LogP contribution < -0.4 is 15.0 Å². The maximum absolute atomic E-state index is 12.8. The van der Waals surface area contributed by atoms with E-state index < -0.39 is 18.0 Å². The molecule has 0 atom stereocenters. The Morgan fingerprint density at radius 1 is 1.14 bits per heavy atom. The fourth-order valence-corrected chi connectivity index (χ4v) is 2.83. The van der Waals surface area contributed by atoms with E-state index in [0.29, 0.717) is 10.5 Å². The predicted molar refractivity (Wildman–Crippen MR) is 101 cm³/mol. The summed E-state index contributed by atoms with van der Waals surface area (Å²) in [6.07, 6.45) is -5.00. The van der Waals surface area contributed by atoms with Crippen LogP contribution in [0.5, 0.6) is 5.75 Å². The van der Waals surface area contributed by atoms with E-state index in [0.717, 1.165) is 5.39 Å². The van der Waals surface area contributed by atoms with Crippen LogP contribution in [0.15, 0.2) is 52.9 Å². The van der Waals surface area contributed by atoms with Gasteiger partial charge in [-0.25, -0.2) is 0 Å². The number of benzene rings is 2. The Morgan fingerprint density at radius 3 is 2.48 bits per heavy atom. The Bertz CT molecular complexity index is 1030. The summed E-state index contributed by atoms with van der Waals surface area (Å²) in [5, 5.41) is 3.35. The maximum atomic E-state index is 12.8. The van der Waals surface area contributed by atoms with Crippen molar-refractivity contribution < 1.29 is 31.9 Å². The first-order valence-corrected chi connectivity index (χ1v) is 8.61. The van der Waals surface area contributed by atoms with Crippen molar-refractivity contribution in [1.82, 2.24) is 0 Å². The number of nitrogens with zero attached hydrogens (tertiary/aromatic N) is 1. The van der Waals surface area contributed by atoms with Crippen LogP contribution in [-0.2, 0) is 4.79 Å². The third-order valence-electron chi connectivity index (χ3n) is 4.20. The number of hydrogen-bond donors (Lipinski definition) is 1. The van der Waals surface area contributed by atoms with Gasteiger partial charge in [-0.2, -0.15) is 13.2 Å². The molecule has 6 nitrogen and oxygen atoms in total. The first kappa shape index (κ1) is 20.2. The van der Waals surface area contributed by atoms with E-state index in [1.807, 2.05) is 6.07 Å². The van der Waals surface area contributed by atoms with Gasteiger partial charge in [0.25, 0.3) is 5.91 Å².